The summed E-state index contributed by atoms with van der Waals surface area (Å²) in [5.41, 5.74) is 0. The molecule has 0 bridgehead atoms. The Balaban J connectivity index is 2.75. The summed E-state index contributed by atoms with van der Waals surface area (Å²) in [4.78, 5) is 0. The fourth-order valence-electron chi connectivity index (χ4n) is 0.730. The number of rotatable bonds is 5. The van der Waals surface area contributed by atoms with Gasteiger partial charge in [0.25, 0.3) is 0 Å². The molecule has 55 valence electrons. The molecule has 0 spiro atoms. The first-order valence-electron chi connectivity index (χ1n) is 3.75. The Morgan fingerprint density at radius 2 is 2.11 bits per heavy atom. The largest absolute Gasteiger partial charge is 0.320 e. The second-order valence-electron chi connectivity index (χ2n) is 2.73. The highest BCUT2D eigenvalue weighted by atomic mass is 14.8. The standard InChI is InChI=1S/C8H18N/c1-8(2)6-4-5-7-9-3/h6,8-9H,4-5,7H2,1-3H3. The summed E-state index contributed by atoms with van der Waals surface area (Å²) in [6.45, 7) is 5.59. The molecule has 1 heteroatoms. The van der Waals surface area contributed by atoms with E-state index in [4.69, 9.17) is 0 Å². The summed E-state index contributed by atoms with van der Waals surface area (Å²) in [5, 5.41) is 3.12. The van der Waals surface area contributed by atoms with Crippen LogP contribution in [0.5, 0.6) is 0 Å². The number of hydrogen-bond acceptors (Lipinski definition) is 1. The van der Waals surface area contributed by atoms with E-state index in [0.717, 1.165) is 12.5 Å². The molecule has 0 saturated carbocycles. The van der Waals surface area contributed by atoms with Gasteiger partial charge in [-0.05, 0) is 38.8 Å². The van der Waals surface area contributed by atoms with Gasteiger partial charge in [0.1, 0.15) is 0 Å². The van der Waals surface area contributed by atoms with Crippen LogP contribution < -0.4 is 5.32 Å². The predicted octanol–water partition coefficient (Wildman–Crippen LogP) is 1.85. The lowest BCUT2D eigenvalue weighted by molar-refractivity contribution is 0.648. The van der Waals surface area contributed by atoms with E-state index in [2.05, 4.69) is 25.6 Å². The van der Waals surface area contributed by atoms with Crippen molar-refractivity contribution in [1.82, 2.24) is 5.32 Å². The predicted molar refractivity (Wildman–Crippen MR) is 42.3 cm³/mol. The number of nitrogens with one attached hydrogen (secondary N) is 1. The van der Waals surface area contributed by atoms with Crippen molar-refractivity contribution < 1.29 is 0 Å². The first-order chi connectivity index (χ1) is 4.27. The molecule has 1 N–H and O–H groups in total. The van der Waals surface area contributed by atoms with Crippen LogP contribution in [-0.4, -0.2) is 13.6 Å². The Morgan fingerprint density at radius 1 is 1.44 bits per heavy atom. The van der Waals surface area contributed by atoms with Crippen molar-refractivity contribution in [3.05, 3.63) is 6.42 Å². The summed E-state index contributed by atoms with van der Waals surface area (Å²) in [7, 11) is 2.00. The van der Waals surface area contributed by atoms with Gasteiger partial charge in [-0.3, -0.25) is 0 Å². The maximum atomic E-state index is 3.12. The Labute approximate surface area is 58.8 Å². The maximum absolute atomic E-state index is 3.12. The Bertz CT molecular complexity index is 50.5. The van der Waals surface area contributed by atoms with Gasteiger partial charge in [0.2, 0.25) is 0 Å². The lowest BCUT2D eigenvalue weighted by Gasteiger charge is -2.02. The molecular weight excluding hydrogens is 110 g/mol. The molecule has 0 aliphatic heterocycles. The molecule has 0 aliphatic rings. The first-order valence-corrected chi connectivity index (χ1v) is 3.75. The van der Waals surface area contributed by atoms with Gasteiger partial charge in [-0.15, -0.1) is 0 Å². The maximum Gasteiger partial charge on any atom is -0.00518 e. The van der Waals surface area contributed by atoms with E-state index in [9.17, 15) is 0 Å². The lowest BCUT2D eigenvalue weighted by atomic mass is 10.1. The molecular formula is C8H18N. The van der Waals surface area contributed by atoms with Crippen molar-refractivity contribution in [3.63, 3.8) is 0 Å². The highest BCUT2D eigenvalue weighted by molar-refractivity contribution is 4.68. The molecule has 0 heterocycles. The molecule has 0 atom stereocenters. The van der Waals surface area contributed by atoms with Crippen LogP contribution in [0.15, 0.2) is 0 Å². The van der Waals surface area contributed by atoms with E-state index in [1.54, 1.807) is 0 Å². The zero-order valence-electron chi connectivity index (χ0n) is 6.78. The minimum absolute atomic E-state index is 0.752. The van der Waals surface area contributed by atoms with Gasteiger partial charge in [0.05, 0.1) is 0 Å². The summed E-state index contributed by atoms with van der Waals surface area (Å²) >= 11 is 0. The van der Waals surface area contributed by atoms with Gasteiger partial charge in [0, 0.05) is 0 Å². The zero-order valence-corrected chi connectivity index (χ0v) is 6.78. The van der Waals surface area contributed by atoms with E-state index >= 15 is 0 Å². The van der Waals surface area contributed by atoms with Crippen LogP contribution >= 0.6 is 0 Å². The van der Waals surface area contributed by atoms with Gasteiger partial charge >= 0.3 is 0 Å². The summed E-state index contributed by atoms with van der Waals surface area (Å²) in [6, 6.07) is 0. The molecule has 0 aromatic rings. The Hall–Kier alpha value is -0.0400. The quantitative estimate of drug-likeness (QED) is 0.557. The van der Waals surface area contributed by atoms with Crippen molar-refractivity contribution >= 4 is 0 Å². The Morgan fingerprint density at radius 3 is 2.56 bits per heavy atom. The molecule has 1 radical (unpaired) electrons. The van der Waals surface area contributed by atoms with Gasteiger partial charge in [-0.1, -0.05) is 13.8 Å². The molecule has 0 saturated heterocycles. The second-order valence-corrected chi connectivity index (χ2v) is 2.73. The van der Waals surface area contributed by atoms with Crippen molar-refractivity contribution in [3.8, 4) is 0 Å². The molecule has 0 unspecified atom stereocenters. The molecule has 9 heavy (non-hydrogen) atoms. The fraction of sp³-hybridized carbons (Fsp3) is 0.875. The molecule has 0 fully saturated rings. The van der Waals surface area contributed by atoms with Crippen LogP contribution in [0.4, 0.5) is 0 Å². The third-order valence-corrected chi connectivity index (χ3v) is 1.27. The van der Waals surface area contributed by atoms with Crippen LogP contribution in [0, 0.1) is 12.3 Å². The third-order valence-electron chi connectivity index (χ3n) is 1.27. The van der Waals surface area contributed by atoms with Crippen LogP contribution in [-0.2, 0) is 0 Å². The highest BCUT2D eigenvalue weighted by Gasteiger charge is 1.92. The van der Waals surface area contributed by atoms with E-state index < -0.39 is 0 Å². The Kier molecular flexibility index (Phi) is 6.06. The minimum Gasteiger partial charge on any atom is -0.320 e. The smallest absolute Gasteiger partial charge is 0.00518 e. The normalized spacial score (nSPS) is 10.7. The van der Waals surface area contributed by atoms with E-state index in [0.29, 0.717) is 0 Å². The topological polar surface area (TPSA) is 12.0 Å². The molecule has 0 rings (SSSR count). The molecule has 0 aromatic heterocycles. The molecule has 0 amide bonds. The second kappa shape index (κ2) is 6.09. The molecule has 0 aliphatic carbocycles. The monoisotopic (exact) mass is 128 g/mol. The van der Waals surface area contributed by atoms with Crippen LogP contribution in [0.25, 0.3) is 0 Å². The number of unbranched alkanes of at least 4 members (excludes halogenated alkanes) is 1. The van der Waals surface area contributed by atoms with Gasteiger partial charge in [0.15, 0.2) is 0 Å². The van der Waals surface area contributed by atoms with Gasteiger partial charge in [-0.25, -0.2) is 0 Å². The fourth-order valence-corrected chi connectivity index (χ4v) is 0.730. The molecule has 0 aromatic carbocycles. The van der Waals surface area contributed by atoms with Crippen LogP contribution in [0.1, 0.15) is 26.7 Å². The summed E-state index contributed by atoms with van der Waals surface area (Å²) < 4.78 is 0. The lowest BCUT2D eigenvalue weighted by Crippen LogP contribution is -2.07. The minimum atomic E-state index is 0.752. The molecule has 1 nitrogen and oxygen atoms in total. The van der Waals surface area contributed by atoms with Crippen molar-refractivity contribution in [1.29, 1.82) is 0 Å². The van der Waals surface area contributed by atoms with Gasteiger partial charge in [-0.2, -0.15) is 0 Å². The third kappa shape index (κ3) is 7.96. The zero-order chi connectivity index (χ0) is 7.11. The van der Waals surface area contributed by atoms with E-state index in [1.807, 2.05) is 7.05 Å². The highest BCUT2D eigenvalue weighted by Crippen LogP contribution is 2.03. The van der Waals surface area contributed by atoms with Crippen molar-refractivity contribution in [2.45, 2.75) is 26.7 Å². The van der Waals surface area contributed by atoms with Crippen molar-refractivity contribution in [2.75, 3.05) is 13.6 Å². The summed E-state index contributed by atoms with van der Waals surface area (Å²) in [6.07, 6.45) is 4.88. The van der Waals surface area contributed by atoms with Gasteiger partial charge < -0.3 is 5.32 Å². The van der Waals surface area contributed by atoms with E-state index in [-0.39, 0.29) is 0 Å². The average Bonchev–Trinajstić information content (AvgIpc) is 1.80. The van der Waals surface area contributed by atoms with Crippen LogP contribution in [0.3, 0.4) is 0 Å². The van der Waals surface area contributed by atoms with E-state index in [1.165, 1.54) is 12.8 Å². The SMILES string of the molecule is CNCCC[CH]C(C)C. The van der Waals surface area contributed by atoms with Crippen molar-refractivity contribution in [2.24, 2.45) is 5.92 Å². The van der Waals surface area contributed by atoms with Crippen LogP contribution in [0.2, 0.25) is 0 Å². The average molecular weight is 128 g/mol. The number of hydrogen-bond donors (Lipinski definition) is 1. The summed E-state index contributed by atoms with van der Waals surface area (Å²) in [5.74, 6) is 0.752. The first kappa shape index (κ1) is 8.96.